The smallest absolute Gasteiger partial charge is 0.462 e. The monoisotopic (exact) mass is 1340 g/mol. The lowest BCUT2D eigenvalue weighted by molar-refractivity contribution is -0.870. The van der Waals surface area contributed by atoms with Crippen molar-refractivity contribution in [3.63, 3.8) is 0 Å². The van der Waals surface area contributed by atoms with E-state index in [-0.39, 0.29) is 6.61 Å². The van der Waals surface area contributed by atoms with Crippen molar-refractivity contribution in [1.82, 2.24) is 0 Å². The van der Waals surface area contributed by atoms with Gasteiger partial charge in [-0.2, -0.15) is 0 Å². The summed E-state index contributed by atoms with van der Waals surface area (Å²) in [6, 6.07) is 7.19. The zero-order valence-electron chi connectivity index (χ0n) is 24.2. The fourth-order valence-electron chi connectivity index (χ4n) is 3.02. The number of ether oxygens (including phenoxy) is 4. The first-order chi connectivity index (χ1) is 21.2. The van der Waals surface area contributed by atoms with Gasteiger partial charge in [0.2, 0.25) is 0 Å². The van der Waals surface area contributed by atoms with Crippen LogP contribution in [-0.4, -0.2) is 86.9 Å². The summed E-state index contributed by atoms with van der Waals surface area (Å²) in [5.41, 5.74) is 0. The molecule has 46 heavy (non-hydrogen) atoms. The van der Waals surface area contributed by atoms with Crippen LogP contribution in [0.15, 0.2) is 24.3 Å². The normalized spacial score (nSPS) is 12.8. The Labute approximate surface area is 347 Å². The molecule has 1 atom stereocenters. The van der Waals surface area contributed by atoms with Crippen LogP contribution in [0.5, 0.6) is 11.5 Å². The van der Waals surface area contributed by atoms with E-state index in [0.717, 1.165) is 7.14 Å². The maximum atomic E-state index is 12.6. The first kappa shape index (κ1) is 42.9. The van der Waals surface area contributed by atoms with E-state index >= 15 is 0 Å². The Kier molecular flexibility index (Phi) is 18.6. The van der Waals surface area contributed by atoms with Crippen molar-refractivity contribution >= 4 is 167 Å². The average molecular weight is 1340 g/mol. The SMILES string of the molecule is C[N+](C)(C)CCOP(=O)(O)OC(COC(=O)CC(=O)Oc1c(I)cc(I)cc1I)COC(=O)CC(=O)Oc1c(I)cc(I)cc1I. The van der Waals surface area contributed by atoms with Gasteiger partial charge >= 0.3 is 31.7 Å². The number of hydrogen-bond donors (Lipinski definition) is 1. The molecular formula is C26H27I6NO12P+. The highest BCUT2D eigenvalue weighted by Crippen LogP contribution is 2.44. The second-order valence-electron chi connectivity index (χ2n) is 10.1. The number of benzene rings is 2. The molecule has 0 fully saturated rings. The molecule has 2 aromatic rings. The minimum Gasteiger partial charge on any atom is -0.462 e. The van der Waals surface area contributed by atoms with Crippen LogP contribution in [0.3, 0.4) is 0 Å². The third-order valence-electron chi connectivity index (χ3n) is 5.09. The highest BCUT2D eigenvalue weighted by atomic mass is 127. The van der Waals surface area contributed by atoms with E-state index < -0.39 is 63.9 Å². The molecule has 13 nitrogen and oxygen atoms in total. The molecule has 20 heteroatoms. The fourth-order valence-corrected chi connectivity index (χ4v) is 11.5. The van der Waals surface area contributed by atoms with Crippen LogP contribution >= 0.6 is 143 Å². The summed E-state index contributed by atoms with van der Waals surface area (Å²) in [6.45, 7) is -1.16. The Hall–Kier alpha value is 0.770. The van der Waals surface area contributed by atoms with Gasteiger partial charge in [-0.3, -0.25) is 28.2 Å². The average Bonchev–Trinajstić information content (AvgIpc) is 2.88. The van der Waals surface area contributed by atoms with Crippen molar-refractivity contribution in [3.05, 3.63) is 45.7 Å². The van der Waals surface area contributed by atoms with Crippen LogP contribution in [0.2, 0.25) is 0 Å². The second kappa shape index (κ2) is 20.0. The molecule has 0 aliphatic heterocycles. The molecule has 0 saturated carbocycles. The topological polar surface area (TPSA) is 161 Å². The molecule has 0 heterocycles. The minimum atomic E-state index is -4.71. The number of phosphoric acid groups is 1. The Morgan fingerprint density at radius 1 is 0.717 bits per heavy atom. The maximum absolute atomic E-state index is 12.6. The number of hydrogen-bond acceptors (Lipinski definition) is 11. The number of esters is 4. The van der Waals surface area contributed by atoms with Gasteiger partial charge in [-0.15, -0.1) is 0 Å². The summed E-state index contributed by atoms with van der Waals surface area (Å²) in [5.74, 6) is -3.24. The molecule has 1 unspecified atom stereocenters. The molecule has 0 aliphatic rings. The largest absolute Gasteiger partial charge is 0.472 e. The number of carbonyl (C=O) groups is 4. The predicted molar refractivity (Wildman–Crippen MR) is 215 cm³/mol. The predicted octanol–water partition coefficient (Wildman–Crippen LogP) is 5.90. The van der Waals surface area contributed by atoms with E-state index in [2.05, 4.69) is 45.2 Å². The molecule has 0 bridgehead atoms. The van der Waals surface area contributed by atoms with Crippen LogP contribution in [0.1, 0.15) is 12.8 Å². The van der Waals surface area contributed by atoms with Gasteiger partial charge in [-0.1, -0.05) is 0 Å². The van der Waals surface area contributed by atoms with Gasteiger partial charge in [0.25, 0.3) is 0 Å². The van der Waals surface area contributed by atoms with Gasteiger partial charge in [-0.25, -0.2) is 4.57 Å². The molecular weight excluding hydrogens is 1310 g/mol. The lowest BCUT2D eigenvalue weighted by atomic mass is 10.3. The van der Waals surface area contributed by atoms with Crippen LogP contribution < -0.4 is 9.47 Å². The number of halogens is 6. The highest BCUT2D eigenvalue weighted by Gasteiger charge is 2.30. The third-order valence-corrected chi connectivity index (χ3v) is 10.6. The lowest BCUT2D eigenvalue weighted by Gasteiger charge is -2.25. The summed E-state index contributed by atoms with van der Waals surface area (Å²) in [7, 11) is 0.844. The van der Waals surface area contributed by atoms with Gasteiger partial charge in [0, 0.05) is 7.14 Å². The summed E-state index contributed by atoms with van der Waals surface area (Å²) in [5, 5.41) is 0. The molecule has 0 aliphatic carbocycles. The van der Waals surface area contributed by atoms with Crippen molar-refractivity contribution in [3.8, 4) is 11.5 Å². The molecule has 254 valence electrons. The zero-order chi connectivity index (χ0) is 34.8. The van der Waals surface area contributed by atoms with Crippen molar-refractivity contribution in [1.29, 1.82) is 0 Å². The molecule has 0 aromatic heterocycles. The van der Waals surface area contributed by atoms with E-state index in [9.17, 15) is 28.6 Å². The van der Waals surface area contributed by atoms with E-state index in [0.29, 0.717) is 36.8 Å². The molecule has 0 amide bonds. The van der Waals surface area contributed by atoms with Crippen molar-refractivity contribution in [2.24, 2.45) is 0 Å². The number of carbonyl (C=O) groups excluding carboxylic acids is 4. The van der Waals surface area contributed by atoms with Gasteiger partial charge in [0.15, 0.2) is 11.5 Å². The van der Waals surface area contributed by atoms with Crippen LogP contribution in [0.4, 0.5) is 0 Å². The summed E-state index contributed by atoms with van der Waals surface area (Å²) in [4.78, 5) is 59.9. The highest BCUT2D eigenvalue weighted by molar-refractivity contribution is 14.1. The Balaban J connectivity index is 2.01. The number of quaternary nitrogens is 1. The van der Waals surface area contributed by atoms with E-state index in [1.807, 2.05) is 112 Å². The number of rotatable bonds is 16. The van der Waals surface area contributed by atoms with E-state index in [4.69, 9.17) is 28.0 Å². The molecule has 1 N–H and O–H groups in total. The summed E-state index contributed by atoms with van der Waals surface area (Å²) in [6.07, 6.45) is -3.04. The zero-order valence-corrected chi connectivity index (χ0v) is 38.1. The molecule has 2 aromatic carbocycles. The fraction of sp³-hybridized carbons (Fsp3) is 0.385. The van der Waals surface area contributed by atoms with Crippen molar-refractivity contribution in [2.45, 2.75) is 18.9 Å². The lowest BCUT2D eigenvalue weighted by Crippen LogP contribution is -2.37. The van der Waals surface area contributed by atoms with Crippen LogP contribution in [0, 0.1) is 21.4 Å². The molecule has 0 radical (unpaired) electrons. The first-order valence-electron chi connectivity index (χ1n) is 12.7. The maximum Gasteiger partial charge on any atom is 0.472 e. The Morgan fingerprint density at radius 2 is 1.09 bits per heavy atom. The Bertz CT molecular complexity index is 1370. The quantitative estimate of drug-likeness (QED) is 0.0531. The van der Waals surface area contributed by atoms with Gasteiger partial charge in [-0.05, 0) is 160 Å². The standard InChI is InChI=1S/C26H26I6NO12P/c1-33(2,3)4-5-42-46(38,39)45-16(12-40-21(34)10-23(36)43-25-17(29)6-14(27)7-18(25)30)13-41-22(35)11-24(37)44-26-19(31)8-15(28)9-20(26)32/h6-9,16H,4-5,10-13H2,1-3H3/p+1. The van der Waals surface area contributed by atoms with Crippen molar-refractivity contribution in [2.75, 3.05) is 47.5 Å². The van der Waals surface area contributed by atoms with Gasteiger partial charge < -0.3 is 28.3 Å². The Morgan fingerprint density at radius 3 is 1.43 bits per heavy atom. The first-order valence-corrected chi connectivity index (χ1v) is 20.7. The van der Waals surface area contributed by atoms with E-state index in [1.54, 1.807) is 24.3 Å². The summed E-state index contributed by atoms with van der Waals surface area (Å²) < 4.78 is 48.6. The van der Waals surface area contributed by atoms with Crippen LogP contribution in [-0.2, 0) is 42.3 Å². The minimum absolute atomic E-state index is 0.145. The van der Waals surface area contributed by atoms with Crippen LogP contribution in [0.25, 0.3) is 0 Å². The number of likely N-dealkylation sites (N-methyl/N-ethyl adjacent to an activating group) is 1. The summed E-state index contributed by atoms with van der Waals surface area (Å²) >= 11 is 12.3. The van der Waals surface area contributed by atoms with Crippen molar-refractivity contribution < 1.29 is 61.1 Å². The number of nitrogens with zero attached hydrogens (tertiary/aromatic N) is 1. The van der Waals surface area contributed by atoms with Gasteiger partial charge in [0.05, 0.1) is 35.4 Å². The molecule has 0 spiro atoms. The third kappa shape index (κ3) is 16.7. The molecule has 2 rings (SSSR count). The molecule has 0 saturated heterocycles. The number of phosphoric ester groups is 1. The van der Waals surface area contributed by atoms with E-state index in [1.165, 1.54) is 0 Å². The van der Waals surface area contributed by atoms with Gasteiger partial charge in [0.1, 0.15) is 45.3 Å². The second-order valence-corrected chi connectivity index (χ2v) is 18.7.